The van der Waals surface area contributed by atoms with Gasteiger partial charge in [-0.1, -0.05) is 0 Å². The number of hydrogen-bond donors (Lipinski definition) is 0. The number of nitrogens with zero attached hydrogens (tertiary/aromatic N) is 1. The van der Waals surface area contributed by atoms with Gasteiger partial charge in [0.15, 0.2) is 0 Å². The fraction of sp³-hybridized carbons (Fsp3) is 0.250. The Morgan fingerprint density at radius 2 is 2.25 bits per heavy atom. The Morgan fingerprint density at radius 1 is 1.50 bits per heavy atom. The van der Waals surface area contributed by atoms with Crippen LogP contribution in [0.25, 0.3) is 0 Å². The van der Waals surface area contributed by atoms with E-state index in [4.69, 9.17) is 4.74 Å². The van der Waals surface area contributed by atoms with Crippen LogP contribution in [0.2, 0.25) is 0 Å². The van der Waals surface area contributed by atoms with Gasteiger partial charge in [0.25, 0.3) is 0 Å². The van der Waals surface area contributed by atoms with Gasteiger partial charge in [-0.25, -0.2) is 4.79 Å². The van der Waals surface area contributed by atoms with Crippen LogP contribution in [0.5, 0.6) is 0 Å². The molecule has 0 aliphatic carbocycles. The lowest BCUT2D eigenvalue weighted by molar-refractivity contribution is 0.145. The maximum absolute atomic E-state index is 11.0. The molecule has 0 fully saturated rings. The first-order valence-corrected chi connectivity index (χ1v) is 3.41. The van der Waals surface area contributed by atoms with Crippen LogP contribution in [0, 0.1) is 19.4 Å². The Bertz CT molecular complexity index is 200. The van der Waals surface area contributed by atoms with Gasteiger partial charge in [0.1, 0.15) is 5.76 Å². The zero-order valence-corrected chi connectivity index (χ0v) is 6.98. The average molecular weight is 168 g/mol. The summed E-state index contributed by atoms with van der Waals surface area (Å²) in [5.74, 6) is 0.614. The summed E-state index contributed by atoms with van der Waals surface area (Å²) in [7, 11) is 2.87. The minimum absolute atomic E-state index is 0.436. The molecule has 12 heavy (non-hydrogen) atoms. The molecule has 0 aromatic carbocycles. The molecule has 0 N–H and O–H groups in total. The van der Waals surface area contributed by atoms with E-state index in [9.17, 15) is 4.79 Å². The van der Waals surface area contributed by atoms with Crippen LogP contribution in [0.4, 0.5) is 4.79 Å². The highest BCUT2D eigenvalue weighted by molar-refractivity contribution is 5.70. The quantitative estimate of drug-likeness (QED) is 0.589. The van der Waals surface area contributed by atoms with E-state index in [2.05, 4.69) is 4.74 Å². The van der Waals surface area contributed by atoms with E-state index in [0.29, 0.717) is 5.76 Å². The first-order valence-electron chi connectivity index (χ1n) is 3.41. The molecule has 1 aliphatic heterocycles. The number of hydrogen-bond acceptors (Lipinski definition) is 3. The van der Waals surface area contributed by atoms with Gasteiger partial charge in [-0.3, -0.25) is 4.90 Å². The molecule has 1 heterocycles. The molecule has 0 aromatic rings. The molecule has 0 spiro atoms. The van der Waals surface area contributed by atoms with E-state index in [0.717, 1.165) is 0 Å². The second kappa shape index (κ2) is 3.99. The van der Waals surface area contributed by atoms with E-state index in [1.54, 1.807) is 25.6 Å². The van der Waals surface area contributed by atoms with Gasteiger partial charge in [0.2, 0.25) is 0 Å². The highest BCUT2D eigenvalue weighted by Crippen LogP contribution is 2.16. The Balaban J connectivity index is 2.60. The van der Waals surface area contributed by atoms with Crippen molar-refractivity contribution in [3.8, 4) is 0 Å². The van der Waals surface area contributed by atoms with E-state index < -0.39 is 6.09 Å². The van der Waals surface area contributed by atoms with Gasteiger partial charge in [-0.15, -0.1) is 0 Å². The monoisotopic (exact) mass is 168 g/mol. The van der Waals surface area contributed by atoms with Crippen molar-refractivity contribution in [2.45, 2.75) is 0 Å². The predicted octanol–water partition coefficient (Wildman–Crippen LogP) is 1.13. The van der Waals surface area contributed by atoms with Gasteiger partial charge in [0.05, 0.1) is 20.8 Å². The lowest BCUT2D eigenvalue weighted by Crippen LogP contribution is -2.26. The third kappa shape index (κ3) is 1.90. The van der Waals surface area contributed by atoms with Crippen molar-refractivity contribution in [2.75, 3.05) is 14.2 Å². The lowest BCUT2D eigenvalue weighted by Gasteiger charge is -2.21. The molecule has 1 rings (SSSR count). The van der Waals surface area contributed by atoms with Crippen LogP contribution >= 0.6 is 0 Å². The minimum Gasteiger partial charge on any atom is -0.499 e. The second-order valence-electron chi connectivity index (χ2n) is 2.12. The Kier molecular flexibility index (Phi) is 2.96. The zero-order valence-electron chi connectivity index (χ0n) is 6.98. The lowest BCUT2D eigenvalue weighted by atomic mass is 10.2. The zero-order chi connectivity index (χ0) is 8.97. The number of methoxy groups -OCH3 is 2. The molecule has 0 bridgehead atoms. The van der Waals surface area contributed by atoms with Gasteiger partial charge < -0.3 is 9.47 Å². The third-order valence-electron chi connectivity index (χ3n) is 1.39. The molecule has 1 aliphatic rings. The number of carbonyl (C=O) groups is 1. The molecular weight excluding hydrogens is 158 g/mol. The SMILES string of the molecule is COC(=O)N1[CH][CH][CH]C(OC)=C1. The van der Waals surface area contributed by atoms with Crippen molar-refractivity contribution in [1.82, 2.24) is 4.90 Å². The smallest absolute Gasteiger partial charge is 0.413 e. The maximum atomic E-state index is 11.0. The van der Waals surface area contributed by atoms with Crippen molar-refractivity contribution < 1.29 is 14.3 Å². The molecule has 3 radical (unpaired) electrons. The van der Waals surface area contributed by atoms with Crippen molar-refractivity contribution >= 4 is 6.09 Å². The van der Waals surface area contributed by atoms with Crippen LogP contribution < -0.4 is 0 Å². The van der Waals surface area contributed by atoms with Gasteiger partial charge >= 0.3 is 6.09 Å². The second-order valence-corrected chi connectivity index (χ2v) is 2.12. The highest BCUT2D eigenvalue weighted by Gasteiger charge is 2.17. The molecule has 1 amide bonds. The summed E-state index contributed by atoms with van der Waals surface area (Å²) in [4.78, 5) is 12.3. The summed E-state index contributed by atoms with van der Waals surface area (Å²) in [6.07, 6.45) is 4.56. The molecule has 65 valence electrons. The summed E-state index contributed by atoms with van der Waals surface area (Å²) in [5.41, 5.74) is 0. The van der Waals surface area contributed by atoms with Crippen LogP contribution in [-0.4, -0.2) is 25.2 Å². The number of carbonyl (C=O) groups excluding carboxylic acids is 1. The largest absolute Gasteiger partial charge is 0.499 e. The molecule has 0 unspecified atom stereocenters. The van der Waals surface area contributed by atoms with Crippen molar-refractivity contribution in [3.63, 3.8) is 0 Å². The topological polar surface area (TPSA) is 38.8 Å². The summed E-state index contributed by atoms with van der Waals surface area (Å²) < 4.78 is 9.43. The number of ether oxygens (including phenoxy) is 2. The van der Waals surface area contributed by atoms with Crippen molar-refractivity contribution in [3.05, 3.63) is 31.3 Å². The summed E-state index contributed by atoms with van der Waals surface area (Å²) in [6.45, 7) is 1.59. The van der Waals surface area contributed by atoms with E-state index in [1.807, 2.05) is 0 Å². The maximum Gasteiger partial charge on any atom is 0.413 e. The normalized spacial score (nSPS) is 16.8. The minimum atomic E-state index is -0.436. The van der Waals surface area contributed by atoms with Gasteiger partial charge in [-0.2, -0.15) is 0 Å². The fourth-order valence-electron chi connectivity index (χ4n) is 0.793. The highest BCUT2D eigenvalue weighted by atomic mass is 16.5. The molecule has 0 saturated carbocycles. The van der Waals surface area contributed by atoms with Crippen molar-refractivity contribution in [1.29, 1.82) is 0 Å². The number of rotatable bonds is 1. The molecule has 0 atom stereocenters. The molecule has 0 aromatic heterocycles. The van der Waals surface area contributed by atoms with Crippen LogP contribution in [0.3, 0.4) is 0 Å². The van der Waals surface area contributed by atoms with Crippen LogP contribution in [0.15, 0.2) is 12.0 Å². The van der Waals surface area contributed by atoms with Gasteiger partial charge in [-0.05, 0) is 6.42 Å². The summed E-state index contributed by atoms with van der Waals surface area (Å²) in [6, 6.07) is 0. The first-order chi connectivity index (χ1) is 5.77. The van der Waals surface area contributed by atoms with Crippen LogP contribution in [-0.2, 0) is 9.47 Å². The van der Waals surface area contributed by atoms with Crippen molar-refractivity contribution in [2.24, 2.45) is 0 Å². The third-order valence-corrected chi connectivity index (χ3v) is 1.39. The van der Waals surface area contributed by atoms with E-state index >= 15 is 0 Å². The molecular formula is C8H10NO3. The predicted molar refractivity (Wildman–Crippen MR) is 42.2 cm³/mol. The Labute approximate surface area is 71.7 Å². The average Bonchev–Trinajstić information content (AvgIpc) is 2.17. The summed E-state index contributed by atoms with van der Waals surface area (Å²) >= 11 is 0. The first kappa shape index (κ1) is 8.90. The van der Waals surface area contributed by atoms with E-state index in [1.165, 1.54) is 19.1 Å². The molecule has 0 saturated heterocycles. The standard InChI is InChI=1S/C8H10NO3/c1-11-7-4-3-5-9(6-7)8(10)12-2/h3-6H,1-2H3. The fourth-order valence-corrected chi connectivity index (χ4v) is 0.793. The Hall–Kier alpha value is -1.19. The van der Waals surface area contributed by atoms with E-state index in [-0.39, 0.29) is 0 Å². The molecule has 4 heteroatoms. The van der Waals surface area contributed by atoms with Crippen LogP contribution in [0.1, 0.15) is 0 Å². The van der Waals surface area contributed by atoms with Gasteiger partial charge in [0, 0.05) is 12.6 Å². The number of allylic oxidation sites excluding steroid dienone is 1. The molecule has 4 nitrogen and oxygen atoms in total. The number of amides is 1. The Morgan fingerprint density at radius 3 is 2.83 bits per heavy atom. The summed E-state index contributed by atoms with van der Waals surface area (Å²) in [5, 5.41) is 0.